The van der Waals surface area contributed by atoms with Gasteiger partial charge in [-0.1, -0.05) is 48.5 Å². The van der Waals surface area contributed by atoms with Crippen LogP contribution in [0.4, 0.5) is 0 Å². The van der Waals surface area contributed by atoms with Crippen molar-refractivity contribution in [3.8, 4) is 44.5 Å². The van der Waals surface area contributed by atoms with Crippen LogP contribution in [-0.2, 0) is 95.8 Å². The van der Waals surface area contributed by atoms with Gasteiger partial charge >= 0.3 is 55.3 Å². The van der Waals surface area contributed by atoms with Gasteiger partial charge in [0.25, 0.3) is 0 Å². The summed E-state index contributed by atoms with van der Waals surface area (Å²) in [5.41, 5.74) is 6.76. The zero-order valence-corrected chi connectivity index (χ0v) is 48.0. The Morgan fingerprint density at radius 2 is 0.485 bits per heavy atom. The summed E-state index contributed by atoms with van der Waals surface area (Å²) in [5, 5.41) is 0. The zero-order valence-electron chi connectivity index (χ0n) is 33.7. The van der Waals surface area contributed by atoms with Gasteiger partial charge in [0.15, 0.2) is 0 Å². The summed E-state index contributed by atoms with van der Waals surface area (Å²) in [5.74, 6) is 0. The Hall–Kier alpha value is -5.01. The van der Waals surface area contributed by atoms with Crippen LogP contribution in [0.3, 0.4) is 0 Å². The van der Waals surface area contributed by atoms with Gasteiger partial charge in [-0.05, 0) is 119 Å². The van der Waals surface area contributed by atoms with Gasteiger partial charge in [0, 0.05) is 44.3 Å². The van der Waals surface area contributed by atoms with Crippen LogP contribution in [0.5, 0.6) is 0 Å². The van der Waals surface area contributed by atoms with E-state index in [0.29, 0.717) is 89.4 Å². The second kappa shape index (κ2) is 18.2. The summed E-state index contributed by atoms with van der Waals surface area (Å²) in [6.07, 6.45) is 6.79. The molecule has 0 saturated carbocycles. The molecule has 2 N–H and O–H groups in total. The van der Waals surface area contributed by atoms with Crippen molar-refractivity contribution in [2.75, 3.05) is 0 Å². The van der Waals surface area contributed by atoms with E-state index >= 15 is 0 Å². The quantitative estimate of drug-likeness (QED) is 0.115. The summed E-state index contributed by atoms with van der Waals surface area (Å²) < 4.78 is 143. The number of rotatable bonds is 8. The smallest absolute Gasteiger partial charge is 0.744 e. The molecular formula is C44H26Hg2N4O12S4. The Morgan fingerprint density at radius 1 is 0.303 bits per heavy atom. The van der Waals surface area contributed by atoms with Crippen LogP contribution >= 0.6 is 0 Å². The van der Waals surface area contributed by atoms with Crippen molar-refractivity contribution in [2.45, 2.75) is 19.6 Å². The molecule has 66 heavy (non-hydrogen) atoms. The zero-order chi connectivity index (χ0) is 45.3. The minimum absolute atomic E-state index is 0. The average Bonchev–Trinajstić information content (AvgIpc) is 4.08. The van der Waals surface area contributed by atoms with E-state index in [1.165, 1.54) is 97.1 Å². The SMILES string of the molecule is O=S(=O)([O-])c1ccc(-c2c3nc(c(-c4ccc(S(=O)(=O)[O-])cc4)c4ccc([nH]4)c(-c4ccc(S(=O)(=O)[O-])cc4)c4nc(c(-c5ccc(S(=O)(=O)[O-])cc5)c5ccc2[nH]5)C=C4)C=C3)cc1.[Hg+2].[Hg+2]. The van der Waals surface area contributed by atoms with E-state index in [1.807, 2.05) is 0 Å². The Kier molecular flexibility index (Phi) is 13.5. The molecule has 2 aliphatic rings. The van der Waals surface area contributed by atoms with Crippen LogP contribution in [0, 0.1) is 0 Å². The van der Waals surface area contributed by atoms with Gasteiger partial charge in [0.05, 0.1) is 42.4 Å². The van der Waals surface area contributed by atoms with Crippen molar-refractivity contribution in [3.63, 3.8) is 0 Å². The van der Waals surface area contributed by atoms with Gasteiger partial charge in [-0.3, -0.25) is 0 Å². The topological polar surface area (TPSA) is 286 Å². The number of aromatic nitrogens is 4. The Morgan fingerprint density at radius 3 is 0.652 bits per heavy atom. The first kappa shape index (κ1) is 48.9. The van der Waals surface area contributed by atoms with Crippen molar-refractivity contribution in [3.05, 3.63) is 144 Å². The van der Waals surface area contributed by atoms with E-state index in [2.05, 4.69) is 9.97 Å². The van der Waals surface area contributed by atoms with Crippen LogP contribution in [-0.4, -0.2) is 71.8 Å². The minimum Gasteiger partial charge on any atom is -0.744 e. The van der Waals surface area contributed by atoms with E-state index in [4.69, 9.17) is 9.97 Å². The van der Waals surface area contributed by atoms with Crippen molar-refractivity contribution < 1.29 is 107 Å². The number of H-pyrrole nitrogens is 2. The van der Waals surface area contributed by atoms with E-state index in [0.717, 1.165) is 0 Å². The molecule has 16 nitrogen and oxygen atoms in total. The Labute approximate surface area is 418 Å². The van der Waals surface area contributed by atoms with Crippen LogP contribution in [0.25, 0.3) is 90.9 Å². The van der Waals surface area contributed by atoms with Gasteiger partial charge in [0.2, 0.25) is 0 Å². The second-order valence-electron chi connectivity index (χ2n) is 14.4. The maximum absolute atomic E-state index is 11.9. The molecule has 9 rings (SSSR count). The fourth-order valence-corrected chi connectivity index (χ4v) is 9.45. The largest absolute Gasteiger partial charge is 2.00 e. The van der Waals surface area contributed by atoms with Crippen LogP contribution in [0.1, 0.15) is 22.8 Å². The van der Waals surface area contributed by atoms with Crippen molar-refractivity contribution in [1.29, 1.82) is 0 Å². The van der Waals surface area contributed by atoms with E-state index in [9.17, 15) is 51.9 Å². The molecule has 0 saturated heterocycles. The molecule has 5 heterocycles. The number of benzene rings is 4. The third kappa shape index (κ3) is 9.70. The van der Waals surface area contributed by atoms with Crippen LogP contribution in [0.2, 0.25) is 0 Å². The average molecular weight is 1330 g/mol. The van der Waals surface area contributed by atoms with Gasteiger partial charge in [-0.25, -0.2) is 43.6 Å². The Bertz CT molecular complexity index is 3310. The Balaban J connectivity index is 0.00000324. The summed E-state index contributed by atoms with van der Waals surface area (Å²) in [4.78, 5) is 15.0. The number of hydrogen-bond donors (Lipinski definition) is 2. The summed E-state index contributed by atoms with van der Waals surface area (Å²) in [7, 11) is -19.2. The molecule has 0 aliphatic carbocycles. The van der Waals surface area contributed by atoms with Gasteiger partial charge in [-0.15, -0.1) is 0 Å². The number of aromatic amines is 2. The van der Waals surface area contributed by atoms with Crippen LogP contribution in [0.15, 0.2) is 141 Å². The summed E-state index contributed by atoms with van der Waals surface area (Å²) in [6.45, 7) is 0. The first-order valence-electron chi connectivity index (χ1n) is 18.6. The molecule has 0 unspecified atom stereocenters. The molecule has 2 aliphatic heterocycles. The maximum atomic E-state index is 11.9. The number of fused-ring (bicyclic) bond motifs is 8. The second-order valence-corrected chi connectivity index (χ2v) is 19.9. The molecule has 322 valence electrons. The fraction of sp³-hybridized carbons (Fsp3) is 0. The van der Waals surface area contributed by atoms with Crippen LogP contribution < -0.4 is 0 Å². The molecule has 0 fully saturated rings. The monoisotopic (exact) mass is 1330 g/mol. The molecule has 0 spiro atoms. The standard InChI is InChI=1S/C44H30N4O12S4.2Hg/c49-61(50,51)29-9-1-25(2-10-29)41-33-17-19-35(45-33)42(26-3-11-30(12-4-26)62(52,53)54)37-21-23-39(47-37)44(28-7-15-32(16-8-28)64(58,59)60)40-24-22-38(48-40)43(36-20-18-34(41)46-36)27-5-13-31(14-6-27)63(55,56)57;;/h1-24,45,48H,(H,49,50,51)(H,52,53,54)(H,55,56,57)(H,58,59,60);;/q;2*+2/p-4. The summed E-state index contributed by atoms with van der Waals surface area (Å²) >= 11 is 0. The van der Waals surface area contributed by atoms with Gasteiger partial charge < -0.3 is 28.2 Å². The molecule has 0 radical (unpaired) electrons. The first-order valence-corrected chi connectivity index (χ1v) is 24.3. The van der Waals surface area contributed by atoms with Gasteiger partial charge in [-0.2, -0.15) is 0 Å². The van der Waals surface area contributed by atoms with Gasteiger partial charge in [0.1, 0.15) is 40.5 Å². The molecule has 0 amide bonds. The third-order valence-corrected chi connectivity index (χ3v) is 13.9. The van der Waals surface area contributed by atoms with E-state index < -0.39 is 60.1 Å². The molecule has 3 aromatic heterocycles. The molecule has 0 atom stereocenters. The molecule has 4 aromatic carbocycles. The maximum Gasteiger partial charge on any atom is 2.00 e. The third-order valence-electron chi connectivity index (χ3n) is 10.5. The van der Waals surface area contributed by atoms with Crippen molar-refractivity contribution >= 4 is 86.8 Å². The normalized spacial score (nSPS) is 12.7. The number of nitrogens with zero attached hydrogens (tertiary/aromatic N) is 2. The predicted molar refractivity (Wildman–Crippen MR) is 232 cm³/mol. The number of nitrogens with one attached hydrogen (secondary N) is 2. The van der Waals surface area contributed by atoms with E-state index in [1.54, 1.807) is 48.6 Å². The molecule has 22 heteroatoms. The molecule has 7 aromatic rings. The van der Waals surface area contributed by atoms with E-state index in [-0.39, 0.29) is 55.3 Å². The molecular weight excluding hydrogens is 1310 g/mol. The summed E-state index contributed by atoms with van der Waals surface area (Å²) in [6, 6.07) is 27.8. The number of hydrogen-bond acceptors (Lipinski definition) is 14. The minimum atomic E-state index is -4.81. The first-order chi connectivity index (χ1) is 30.2. The van der Waals surface area contributed by atoms with Crippen molar-refractivity contribution in [1.82, 2.24) is 19.9 Å². The van der Waals surface area contributed by atoms with Crippen molar-refractivity contribution in [2.24, 2.45) is 0 Å². The fourth-order valence-electron chi connectivity index (χ4n) is 7.57. The predicted octanol–water partition coefficient (Wildman–Crippen LogP) is 6.94. The molecule has 8 bridgehead atoms.